The third-order valence-corrected chi connectivity index (χ3v) is 5.07. The fraction of sp³-hybridized carbons (Fsp3) is 0.300. The molecular weight excluding hydrogens is 400 g/mol. The number of nitrogens with zero attached hydrogens (tertiary/aromatic N) is 2. The summed E-state index contributed by atoms with van der Waals surface area (Å²) in [7, 11) is 4.09. The molecule has 0 saturated carbocycles. The van der Waals surface area contributed by atoms with E-state index in [1.54, 1.807) is 0 Å². The van der Waals surface area contributed by atoms with Crippen molar-refractivity contribution in [1.29, 1.82) is 0 Å². The lowest BCUT2D eigenvalue weighted by molar-refractivity contribution is 0.262. The Labute approximate surface area is 162 Å². The summed E-state index contributed by atoms with van der Waals surface area (Å²) in [6, 6.07) is 14.4. The Balaban J connectivity index is 2.07. The smallest absolute Gasteiger partial charge is 0.147 e. The van der Waals surface area contributed by atoms with Crippen molar-refractivity contribution in [3.05, 3.63) is 63.2 Å². The molecule has 0 aliphatic heterocycles. The van der Waals surface area contributed by atoms with Gasteiger partial charge in [-0.15, -0.1) is 0 Å². The molecule has 0 bridgehead atoms. The highest BCUT2D eigenvalue weighted by atomic mass is 79.9. The lowest BCUT2D eigenvalue weighted by Crippen LogP contribution is -2.19. The van der Waals surface area contributed by atoms with Gasteiger partial charge in [0.05, 0.1) is 11.2 Å². The molecule has 0 aliphatic rings. The first-order chi connectivity index (χ1) is 12.0. The van der Waals surface area contributed by atoms with E-state index in [1.165, 1.54) is 5.56 Å². The van der Waals surface area contributed by atoms with Gasteiger partial charge in [0.25, 0.3) is 0 Å². The van der Waals surface area contributed by atoms with Gasteiger partial charge in [-0.3, -0.25) is 0 Å². The third kappa shape index (κ3) is 4.02. The summed E-state index contributed by atoms with van der Waals surface area (Å²) in [6.07, 6.45) is 0. The van der Waals surface area contributed by atoms with Crippen molar-refractivity contribution in [2.75, 3.05) is 27.2 Å². The average molecular weight is 422 g/mol. The van der Waals surface area contributed by atoms with Crippen molar-refractivity contribution in [3.63, 3.8) is 0 Å². The topological polar surface area (TPSA) is 17.4 Å². The van der Waals surface area contributed by atoms with Gasteiger partial charge in [0.1, 0.15) is 12.4 Å². The maximum absolute atomic E-state index is 6.30. The Kier molecular flexibility index (Phi) is 5.72. The Morgan fingerprint density at radius 1 is 1.16 bits per heavy atom. The number of rotatable bonds is 6. The van der Waals surface area contributed by atoms with Crippen molar-refractivity contribution in [3.8, 4) is 5.75 Å². The van der Waals surface area contributed by atoms with Crippen LogP contribution in [0, 0.1) is 6.92 Å². The van der Waals surface area contributed by atoms with Crippen LogP contribution in [0.3, 0.4) is 0 Å². The number of hydrogen-bond donors (Lipinski definition) is 0. The lowest BCUT2D eigenvalue weighted by atomic mass is 10.2. The van der Waals surface area contributed by atoms with Crippen LogP contribution in [0.5, 0.6) is 5.75 Å². The van der Waals surface area contributed by atoms with Gasteiger partial charge in [0.15, 0.2) is 0 Å². The van der Waals surface area contributed by atoms with Gasteiger partial charge >= 0.3 is 0 Å². The molecule has 0 atom stereocenters. The van der Waals surface area contributed by atoms with Crippen LogP contribution < -0.4 is 4.74 Å². The van der Waals surface area contributed by atoms with Gasteiger partial charge in [-0.1, -0.05) is 41.9 Å². The Bertz CT molecular complexity index is 875. The number of hydrogen-bond acceptors (Lipinski definition) is 2. The first kappa shape index (κ1) is 18.3. The minimum Gasteiger partial charge on any atom is -0.490 e. The van der Waals surface area contributed by atoms with Crippen LogP contribution >= 0.6 is 27.5 Å². The fourth-order valence-electron chi connectivity index (χ4n) is 2.97. The van der Waals surface area contributed by atoms with Gasteiger partial charge in [-0.2, -0.15) is 0 Å². The van der Waals surface area contributed by atoms with E-state index >= 15 is 0 Å². The molecular formula is C20H22BrClN2O. The van der Waals surface area contributed by atoms with Gasteiger partial charge < -0.3 is 14.2 Å². The van der Waals surface area contributed by atoms with Gasteiger partial charge in [-0.05, 0) is 54.6 Å². The second-order valence-corrected chi connectivity index (χ2v) is 7.71. The zero-order valence-corrected chi connectivity index (χ0v) is 17.1. The van der Waals surface area contributed by atoms with E-state index < -0.39 is 0 Å². The van der Waals surface area contributed by atoms with Crippen LogP contribution in [0.15, 0.2) is 46.9 Å². The van der Waals surface area contributed by atoms with Gasteiger partial charge in [0.2, 0.25) is 0 Å². The predicted octanol–water partition coefficient (Wildman–Crippen LogP) is 5.35. The molecule has 0 saturated heterocycles. The molecule has 0 radical (unpaired) electrons. The predicted molar refractivity (Wildman–Crippen MR) is 109 cm³/mol. The molecule has 2 aromatic carbocycles. The van der Waals surface area contributed by atoms with Crippen LogP contribution in [0.4, 0.5) is 0 Å². The number of fused-ring (bicyclic) bond motifs is 1. The van der Waals surface area contributed by atoms with Crippen LogP contribution in [-0.4, -0.2) is 36.7 Å². The number of benzene rings is 2. The second-order valence-electron chi connectivity index (χ2n) is 6.42. The standard InChI is InChI=1S/C20H22BrClN2O/c1-14-20(25-10-9-23(2)3)17-11-16(22)12-18(21)19(17)24(14)13-15-7-5-4-6-8-15/h4-8,11-12H,9-10,13H2,1-3H3. The zero-order valence-electron chi connectivity index (χ0n) is 14.7. The second kappa shape index (κ2) is 7.81. The minimum atomic E-state index is 0.641. The maximum atomic E-state index is 6.30. The quantitative estimate of drug-likeness (QED) is 0.533. The van der Waals surface area contributed by atoms with E-state index in [4.69, 9.17) is 16.3 Å². The van der Waals surface area contributed by atoms with Crippen LogP contribution in [0.1, 0.15) is 11.3 Å². The van der Waals surface area contributed by atoms with Crippen molar-refractivity contribution in [2.45, 2.75) is 13.5 Å². The molecule has 3 rings (SSSR count). The number of ether oxygens (including phenoxy) is 1. The molecule has 3 aromatic rings. The molecule has 0 spiro atoms. The van der Waals surface area contributed by atoms with E-state index in [0.717, 1.165) is 39.9 Å². The highest BCUT2D eigenvalue weighted by Gasteiger charge is 2.18. The highest BCUT2D eigenvalue weighted by Crippen LogP contribution is 2.39. The zero-order chi connectivity index (χ0) is 18.0. The summed E-state index contributed by atoms with van der Waals surface area (Å²) in [6.45, 7) is 4.41. The summed E-state index contributed by atoms with van der Waals surface area (Å²) in [4.78, 5) is 2.11. The average Bonchev–Trinajstić information content (AvgIpc) is 2.81. The van der Waals surface area contributed by atoms with E-state index in [1.807, 2.05) is 32.3 Å². The van der Waals surface area contributed by atoms with Crippen molar-refractivity contribution in [2.24, 2.45) is 0 Å². The molecule has 0 aliphatic carbocycles. The Hall–Kier alpha value is -1.49. The van der Waals surface area contributed by atoms with E-state index in [-0.39, 0.29) is 0 Å². The molecule has 25 heavy (non-hydrogen) atoms. The lowest BCUT2D eigenvalue weighted by Gasteiger charge is -2.12. The Morgan fingerprint density at radius 2 is 1.88 bits per heavy atom. The molecule has 3 nitrogen and oxygen atoms in total. The Morgan fingerprint density at radius 3 is 2.56 bits per heavy atom. The number of aromatic nitrogens is 1. The van der Waals surface area contributed by atoms with Gasteiger partial charge in [0, 0.05) is 28.0 Å². The van der Waals surface area contributed by atoms with Crippen LogP contribution in [-0.2, 0) is 6.54 Å². The van der Waals surface area contributed by atoms with Crippen LogP contribution in [0.25, 0.3) is 10.9 Å². The van der Waals surface area contributed by atoms with E-state index in [9.17, 15) is 0 Å². The molecule has 0 fully saturated rings. The summed E-state index contributed by atoms with van der Waals surface area (Å²) >= 11 is 9.98. The first-order valence-corrected chi connectivity index (χ1v) is 9.43. The van der Waals surface area contributed by atoms with E-state index in [0.29, 0.717) is 11.6 Å². The first-order valence-electron chi connectivity index (χ1n) is 8.26. The molecule has 132 valence electrons. The maximum Gasteiger partial charge on any atom is 0.147 e. The SMILES string of the molecule is Cc1c(OCCN(C)C)c2cc(Cl)cc(Br)c2n1Cc1ccccc1. The molecule has 0 unspecified atom stereocenters. The van der Waals surface area contributed by atoms with Gasteiger partial charge in [-0.25, -0.2) is 0 Å². The monoisotopic (exact) mass is 420 g/mol. The van der Waals surface area contributed by atoms with Crippen LogP contribution in [0.2, 0.25) is 5.02 Å². The molecule has 5 heteroatoms. The highest BCUT2D eigenvalue weighted by molar-refractivity contribution is 9.10. The summed E-state index contributed by atoms with van der Waals surface area (Å²) in [5.41, 5.74) is 3.48. The molecule has 1 heterocycles. The summed E-state index contributed by atoms with van der Waals surface area (Å²) < 4.78 is 9.42. The van der Waals surface area contributed by atoms with Crippen molar-refractivity contribution >= 4 is 38.4 Å². The fourth-order valence-corrected chi connectivity index (χ4v) is 4.00. The largest absolute Gasteiger partial charge is 0.490 e. The number of halogens is 2. The third-order valence-electron chi connectivity index (χ3n) is 4.24. The van der Waals surface area contributed by atoms with Crippen molar-refractivity contribution < 1.29 is 4.74 Å². The number of likely N-dealkylation sites (N-methyl/N-ethyl adjacent to an activating group) is 1. The van der Waals surface area contributed by atoms with Crippen molar-refractivity contribution in [1.82, 2.24) is 9.47 Å². The van der Waals surface area contributed by atoms with E-state index in [2.05, 4.69) is 56.6 Å². The molecule has 0 amide bonds. The normalized spacial score (nSPS) is 11.4. The summed E-state index contributed by atoms with van der Waals surface area (Å²) in [5.74, 6) is 0.913. The summed E-state index contributed by atoms with van der Waals surface area (Å²) in [5, 5.41) is 1.75. The minimum absolute atomic E-state index is 0.641. The molecule has 0 N–H and O–H groups in total. The molecule has 1 aromatic heterocycles.